The normalized spacial score (nSPS) is 26.4. The predicted molar refractivity (Wildman–Crippen MR) is 82.4 cm³/mol. The number of halogens is 2. The molecule has 0 N–H and O–H groups in total. The molecule has 0 radical (unpaired) electrons. The lowest BCUT2D eigenvalue weighted by Gasteiger charge is -2.36. The maximum absolute atomic E-state index is 14.5. The first-order valence-corrected chi connectivity index (χ1v) is 8.30. The summed E-state index contributed by atoms with van der Waals surface area (Å²) in [5, 5.41) is 0.895. The number of alkyl halides is 2. The summed E-state index contributed by atoms with van der Waals surface area (Å²) < 4.78 is 28.9. The van der Waals surface area contributed by atoms with Gasteiger partial charge >= 0.3 is 0 Å². The summed E-state index contributed by atoms with van der Waals surface area (Å²) in [5.74, 6) is -1.85. The van der Waals surface area contributed by atoms with Crippen molar-refractivity contribution in [1.29, 1.82) is 0 Å². The Morgan fingerprint density at radius 2 is 1.74 bits per heavy atom. The van der Waals surface area contributed by atoms with Crippen molar-refractivity contribution in [2.75, 3.05) is 18.0 Å². The van der Waals surface area contributed by atoms with Gasteiger partial charge in [-0.25, -0.2) is 18.7 Å². The number of aromatic nitrogens is 3. The second kappa shape index (κ2) is 4.16. The number of piperidine rings is 1. The summed E-state index contributed by atoms with van der Waals surface area (Å²) in [7, 11) is 0. The van der Waals surface area contributed by atoms with Gasteiger partial charge in [0.1, 0.15) is 0 Å². The fraction of sp³-hybridized carbons (Fsp3) is 0.588. The van der Waals surface area contributed by atoms with E-state index in [0.29, 0.717) is 50.4 Å². The van der Waals surface area contributed by atoms with Gasteiger partial charge in [-0.15, -0.1) is 0 Å². The maximum Gasteiger partial charge on any atom is 0.260 e. The van der Waals surface area contributed by atoms with Gasteiger partial charge < -0.3 is 4.90 Å². The van der Waals surface area contributed by atoms with Crippen LogP contribution in [0.2, 0.25) is 0 Å². The van der Waals surface area contributed by atoms with Crippen molar-refractivity contribution in [2.45, 2.75) is 38.0 Å². The van der Waals surface area contributed by atoms with E-state index < -0.39 is 16.8 Å². The van der Waals surface area contributed by atoms with Crippen molar-refractivity contribution in [2.24, 2.45) is 10.8 Å². The van der Waals surface area contributed by atoms with Crippen LogP contribution in [0, 0.1) is 10.8 Å². The van der Waals surface area contributed by atoms with Crippen molar-refractivity contribution in [3.8, 4) is 0 Å². The minimum absolute atomic E-state index is 0.545. The number of hydrogen-bond donors (Lipinski definition) is 0. The van der Waals surface area contributed by atoms with Crippen LogP contribution in [0.25, 0.3) is 11.0 Å². The summed E-state index contributed by atoms with van der Waals surface area (Å²) in [6.45, 7) is 1.21. The molecule has 0 unspecified atom stereocenters. The lowest BCUT2D eigenvalue weighted by molar-refractivity contribution is 0.0203. The van der Waals surface area contributed by atoms with Crippen molar-refractivity contribution in [1.82, 2.24) is 15.0 Å². The monoisotopic (exact) mass is 316 g/mol. The highest BCUT2D eigenvalue weighted by atomic mass is 19.3. The first kappa shape index (κ1) is 13.6. The molecule has 3 heterocycles. The number of rotatable bonds is 1. The molecule has 5 rings (SSSR count). The topological polar surface area (TPSA) is 41.9 Å². The smallest absolute Gasteiger partial charge is 0.260 e. The van der Waals surface area contributed by atoms with E-state index >= 15 is 0 Å². The Kier molecular flexibility index (Phi) is 2.46. The number of fused-ring (bicyclic) bond motifs is 2. The molecule has 0 atom stereocenters. The molecule has 2 aromatic heterocycles. The molecule has 6 heteroatoms. The van der Waals surface area contributed by atoms with E-state index in [1.54, 1.807) is 12.4 Å². The SMILES string of the molecule is FC1(F)C2(CCC2)C12CCN(c1ncc3cccnc3n1)CC2. The highest BCUT2D eigenvalue weighted by Gasteiger charge is 2.91. The summed E-state index contributed by atoms with van der Waals surface area (Å²) in [5.41, 5.74) is -0.758. The van der Waals surface area contributed by atoms with Gasteiger partial charge in [0.25, 0.3) is 5.92 Å². The minimum atomic E-state index is -2.46. The Morgan fingerprint density at radius 3 is 2.39 bits per heavy atom. The molecule has 0 aromatic carbocycles. The van der Waals surface area contributed by atoms with E-state index in [4.69, 9.17) is 0 Å². The molecule has 120 valence electrons. The molecule has 2 aromatic rings. The molecule has 1 aliphatic heterocycles. The highest BCUT2D eigenvalue weighted by Crippen LogP contribution is 2.85. The Morgan fingerprint density at radius 1 is 1.00 bits per heavy atom. The van der Waals surface area contributed by atoms with Crippen molar-refractivity contribution in [3.63, 3.8) is 0 Å². The average Bonchev–Trinajstić information content (AvgIpc) is 2.97. The van der Waals surface area contributed by atoms with Crippen LogP contribution in [0.4, 0.5) is 14.7 Å². The third-order valence-electron chi connectivity index (χ3n) is 6.50. The predicted octanol–water partition coefficient (Wildman–Crippen LogP) is 3.43. The third kappa shape index (κ3) is 1.47. The number of pyridine rings is 1. The van der Waals surface area contributed by atoms with Gasteiger partial charge in [0, 0.05) is 41.7 Å². The molecular formula is C17H18F2N4. The van der Waals surface area contributed by atoms with Gasteiger partial charge in [-0.1, -0.05) is 6.42 Å². The molecule has 2 spiro atoms. The zero-order valence-electron chi connectivity index (χ0n) is 12.8. The van der Waals surface area contributed by atoms with Crippen LogP contribution in [-0.4, -0.2) is 34.0 Å². The Hall–Kier alpha value is -1.85. The maximum atomic E-state index is 14.5. The standard InChI is InChI=1S/C17H18F2N4/c18-17(19)15(4-2-5-15)16(17)6-9-23(10-7-16)14-21-11-12-3-1-8-20-13(12)22-14/h1,3,8,11H,2,4-7,9-10H2. The van der Waals surface area contributed by atoms with Crippen LogP contribution >= 0.6 is 0 Å². The molecule has 23 heavy (non-hydrogen) atoms. The van der Waals surface area contributed by atoms with Gasteiger partial charge in [0.15, 0.2) is 5.65 Å². The van der Waals surface area contributed by atoms with E-state index in [1.165, 1.54) is 0 Å². The van der Waals surface area contributed by atoms with E-state index in [9.17, 15) is 8.78 Å². The summed E-state index contributed by atoms with van der Waals surface area (Å²) in [6, 6.07) is 3.77. The summed E-state index contributed by atoms with van der Waals surface area (Å²) in [4.78, 5) is 15.2. The van der Waals surface area contributed by atoms with Crippen LogP contribution in [0.3, 0.4) is 0 Å². The van der Waals surface area contributed by atoms with Crippen molar-refractivity contribution >= 4 is 17.0 Å². The highest BCUT2D eigenvalue weighted by molar-refractivity contribution is 5.74. The summed E-state index contributed by atoms with van der Waals surface area (Å²) in [6.07, 6.45) is 6.92. The molecular weight excluding hydrogens is 298 g/mol. The molecule has 0 amide bonds. The van der Waals surface area contributed by atoms with Crippen LogP contribution in [0.1, 0.15) is 32.1 Å². The minimum Gasteiger partial charge on any atom is -0.341 e. The zero-order valence-corrected chi connectivity index (χ0v) is 12.8. The number of anilines is 1. The zero-order chi connectivity index (χ0) is 15.7. The van der Waals surface area contributed by atoms with Crippen LogP contribution < -0.4 is 4.90 Å². The van der Waals surface area contributed by atoms with Gasteiger partial charge in [0.2, 0.25) is 5.95 Å². The van der Waals surface area contributed by atoms with Crippen LogP contribution in [0.5, 0.6) is 0 Å². The molecule has 4 nitrogen and oxygen atoms in total. The molecule has 0 bridgehead atoms. The third-order valence-corrected chi connectivity index (χ3v) is 6.50. The Bertz CT molecular complexity index is 779. The summed E-state index contributed by atoms with van der Waals surface area (Å²) >= 11 is 0. The van der Waals surface area contributed by atoms with Gasteiger partial charge in [0.05, 0.1) is 0 Å². The van der Waals surface area contributed by atoms with E-state index in [1.807, 2.05) is 17.0 Å². The van der Waals surface area contributed by atoms with Crippen LogP contribution in [0.15, 0.2) is 24.5 Å². The molecule has 3 fully saturated rings. The number of nitrogens with zero attached hydrogens (tertiary/aromatic N) is 4. The van der Waals surface area contributed by atoms with Crippen molar-refractivity contribution in [3.05, 3.63) is 24.5 Å². The second-order valence-electron chi connectivity index (χ2n) is 7.17. The Labute approximate surface area is 132 Å². The first-order chi connectivity index (χ1) is 11.1. The lowest BCUT2D eigenvalue weighted by Crippen LogP contribution is -2.39. The van der Waals surface area contributed by atoms with Gasteiger partial charge in [-0.3, -0.25) is 0 Å². The van der Waals surface area contributed by atoms with Gasteiger partial charge in [-0.05, 0) is 37.8 Å². The second-order valence-corrected chi connectivity index (χ2v) is 7.17. The van der Waals surface area contributed by atoms with E-state index in [0.717, 1.165) is 11.8 Å². The molecule has 2 aliphatic carbocycles. The largest absolute Gasteiger partial charge is 0.341 e. The average molecular weight is 316 g/mol. The first-order valence-electron chi connectivity index (χ1n) is 8.30. The Balaban J connectivity index is 1.39. The fourth-order valence-corrected chi connectivity index (χ4v) is 4.95. The quantitative estimate of drug-likeness (QED) is 0.808. The van der Waals surface area contributed by atoms with Crippen molar-refractivity contribution < 1.29 is 8.78 Å². The number of hydrogen-bond acceptors (Lipinski definition) is 4. The van der Waals surface area contributed by atoms with E-state index in [-0.39, 0.29) is 0 Å². The van der Waals surface area contributed by atoms with E-state index in [2.05, 4.69) is 15.0 Å². The van der Waals surface area contributed by atoms with Gasteiger partial charge in [-0.2, -0.15) is 4.98 Å². The molecule has 2 saturated carbocycles. The molecule has 3 aliphatic rings. The lowest BCUT2D eigenvalue weighted by atomic mass is 9.72. The van der Waals surface area contributed by atoms with Crippen LogP contribution in [-0.2, 0) is 0 Å². The fourth-order valence-electron chi connectivity index (χ4n) is 4.95. The molecule has 1 saturated heterocycles.